The molecular formula is C14H17BrN4O3. The van der Waals surface area contributed by atoms with Gasteiger partial charge in [0.25, 0.3) is 0 Å². The molecule has 22 heavy (non-hydrogen) atoms. The van der Waals surface area contributed by atoms with E-state index in [4.69, 9.17) is 5.73 Å². The number of anilines is 1. The number of halogens is 1. The number of carbonyl (C=O) groups excluding carboxylic acids is 3. The van der Waals surface area contributed by atoms with E-state index in [1.807, 2.05) is 6.92 Å². The monoisotopic (exact) mass is 368 g/mol. The zero-order chi connectivity index (χ0) is 16.3. The number of urea groups is 1. The molecule has 0 saturated carbocycles. The van der Waals surface area contributed by atoms with E-state index in [1.54, 1.807) is 24.3 Å². The molecule has 0 bridgehead atoms. The summed E-state index contributed by atoms with van der Waals surface area (Å²) in [5.74, 6) is -0.863. The number of nitrogens with two attached hydrogens (primary N) is 1. The first-order valence-electron chi connectivity index (χ1n) is 6.78. The van der Waals surface area contributed by atoms with Crippen LogP contribution >= 0.6 is 15.9 Å². The number of carbonyl (C=O) groups is 3. The Bertz CT molecular complexity index is 590. The van der Waals surface area contributed by atoms with Crippen LogP contribution in [0.4, 0.5) is 10.5 Å². The highest BCUT2D eigenvalue weighted by atomic mass is 79.9. The highest BCUT2D eigenvalue weighted by molar-refractivity contribution is 9.10. The Kier molecular flexibility index (Phi) is 5.02. The first kappa shape index (κ1) is 16.3. The van der Waals surface area contributed by atoms with Gasteiger partial charge in [-0.1, -0.05) is 15.9 Å². The number of benzene rings is 1. The summed E-state index contributed by atoms with van der Waals surface area (Å²) in [6.07, 6.45) is 0.444. The molecule has 1 heterocycles. The fourth-order valence-corrected chi connectivity index (χ4v) is 2.63. The molecule has 118 valence electrons. The van der Waals surface area contributed by atoms with Gasteiger partial charge >= 0.3 is 6.03 Å². The van der Waals surface area contributed by atoms with E-state index >= 15 is 0 Å². The van der Waals surface area contributed by atoms with Crippen LogP contribution in [0.1, 0.15) is 13.3 Å². The minimum Gasteiger partial charge on any atom is -0.368 e. The molecular weight excluding hydrogens is 352 g/mol. The van der Waals surface area contributed by atoms with Gasteiger partial charge in [-0.2, -0.15) is 0 Å². The molecule has 0 radical (unpaired) electrons. The fraction of sp³-hybridized carbons (Fsp3) is 0.357. The number of hydrogen-bond acceptors (Lipinski definition) is 3. The molecule has 1 unspecified atom stereocenters. The lowest BCUT2D eigenvalue weighted by Crippen LogP contribution is -2.45. The Morgan fingerprint density at radius 1 is 1.36 bits per heavy atom. The van der Waals surface area contributed by atoms with Crippen LogP contribution in [0.2, 0.25) is 0 Å². The summed E-state index contributed by atoms with van der Waals surface area (Å²) in [4.78, 5) is 36.4. The summed E-state index contributed by atoms with van der Waals surface area (Å²) in [6.45, 7) is 1.68. The minimum atomic E-state index is -0.648. The number of primary amides is 1. The molecule has 1 fully saturated rings. The smallest absolute Gasteiger partial charge is 0.319 e. The third-order valence-corrected chi connectivity index (χ3v) is 3.95. The zero-order valence-corrected chi connectivity index (χ0v) is 13.6. The Morgan fingerprint density at radius 3 is 2.59 bits per heavy atom. The van der Waals surface area contributed by atoms with E-state index < -0.39 is 18.0 Å². The van der Waals surface area contributed by atoms with Crippen molar-refractivity contribution in [3.05, 3.63) is 28.7 Å². The normalized spacial score (nSPS) is 20.8. The van der Waals surface area contributed by atoms with Gasteiger partial charge in [-0.05, 0) is 37.6 Å². The maximum absolute atomic E-state index is 12.2. The molecule has 1 saturated heterocycles. The van der Waals surface area contributed by atoms with Crippen LogP contribution in [0.5, 0.6) is 0 Å². The third kappa shape index (κ3) is 3.97. The SMILES string of the molecule is CC1C[C@H](NC(=O)Nc2ccc(Br)cc2)C(=O)N1CC(N)=O. The van der Waals surface area contributed by atoms with Gasteiger partial charge in [0.2, 0.25) is 11.8 Å². The molecule has 7 nitrogen and oxygen atoms in total. The van der Waals surface area contributed by atoms with Gasteiger partial charge in [0.15, 0.2) is 0 Å². The molecule has 0 aromatic heterocycles. The van der Waals surface area contributed by atoms with Crippen molar-refractivity contribution in [1.29, 1.82) is 0 Å². The number of nitrogens with zero attached hydrogens (tertiary/aromatic N) is 1. The van der Waals surface area contributed by atoms with Gasteiger partial charge < -0.3 is 21.3 Å². The van der Waals surface area contributed by atoms with Crippen molar-refractivity contribution in [2.24, 2.45) is 5.73 Å². The van der Waals surface area contributed by atoms with Crippen LogP contribution in [0.15, 0.2) is 28.7 Å². The summed E-state index contributed by atoms with van der Waals surface area (Å²) < 4.78 is 0.903. The quantitative estimate of drug-likeness (QED) is 0.739. The standard InChI is InChI=1S/C14H17BrN4O3/c1-8-6-11(13(21)19(8)7-12(16)20)18-14(22)17-10-4-2-9(15)3-5-10/h2-5,8,11H,6-7H2,1H3,(H2,16,20)(H2,17,18,22)/t8?,11-/m0/s1. The summed E-state index contributed by atoms with van der Waals surface area (Å²) in [6, 6.07) is 5.82. The molecule has 8 heteroatoms. The second-order valence-corrected chi connectivity index (χ2v) is 6.09. The number of hydrogen-bond donors (Lipinski definition) is 3. The number of rotatable bonds is 4. The predicted octanol–water partition coefficient (Wildman–Crippen LogP) is 1.05. The van der Waals surface area contributed by atoms with E-state index in [2.05, 4.69) is 26.6 Å². The molecule has 2 atom stereocenters. The maximum Gasteiger partial charge on any atom is 0.319 e. The zero-order valence-electron chi connectivity index (χ0n) is 12.0. The highest BCUT2D eigenvalue weighted by Gasteiger charge is 2.38. The van der Waals surface area contributed by atoms with Gasteiger partial charge in [-0.25, -0.2) is 4.79 Å². The van der Waals surface area contributed by atoms with Crippen LogP contribution in [-0.4, -0.2) is 41.4 Å². The van der Waals surface area contributed by atoms with Crippen LogP contribution in [0.3, 0.4) is 0 Å². The Balaban J connectivity index is 1.93. The summed E-state index contributed by atoms with van der Waals surface area (Å²) in [5.41, 5.74) is 5.74. The molecule has 4 amide bonds. The van der Waals surface area contributed by atoms with Crippen molar-refractivity contribution in [3.63, 3.8) is 0 Å². The van der Waals surface area contributed by atoms with Crippen molar-refractivity contribution in [3.8, 4) is 0 Å². The molecule has 1 aromatic rings. The molecule has 2 rings (SSSR count). The molecule has 0 spiro atoms. The van der Waals surface area contributed by atoms with E-state index in [-0.39, 0.29) is 18.5 Å². The number of amides is 4. The number of likely N-dealkylation sites (tertiary alicyclic amines) is 1. The van der Waals surface area contributed by atoms with Crippen molar-refractivity contribution >= 4 is 39.5 Å². The highest BCUT2D eigenvalue weighted by Crippen LogP contribution is 2.19. The average Bonchev–Trinajstić information content (AvgIpc) is 2.68. The van der Waals surface area contributed by atoms with Gasteiger partial charge in [-0.15, -0.1) is 0 Å². The first-order chi connectivity index (χ1) is 10.4. The third-order valence-electron chi connectivity index (χ3n) is 3.42. The van der Waals surface area contributed by atoms with E-state index in [0.29, 0.717) is 12.1 Å². The van der Waals surface area contributed by atoms with Gasteiger partial charge in [0, 0.05) is 16.2 Å². The van der Waals surface area contributed by atoms with E-state index in [0.717, 1.165) is 4.47 Å². The second-order valence-electron chi connectivity index (χ2n) is 5.18. The summed E-state index contributed by atoms with van der Waals surface area (Å²) in [7, 11) is 0. The molecule has 4 N–H and O–H groups in total. The Hall–Kier alpha value is -2.09. The van der Waals surface area contributed by atoms with Gasteiger partial charge in [0.1, 0.15) is 6.04 Å². The largest absolute Gasteiger partial charge is 0.368 e. The molecule has 1 aliphatic rings. The van der Waals surface area contributed by atoms with Crippen molar-refractivity contribution in [2.45, 2.75) is 25.4 Å². The van der Waals surface area contributed by atoms with Gasteiger partial charge in [-0.3, -0.25) is 9.59 Å². The van der Waals surface area contributed by atoms with Crippen molar-refractivity contribution < 1.29 is 14.4 Å². The lowest BCUT2D eigenvalue weighted by Gasteiger charge is -2.19. The van der Waals surface area contributed by atoms with Crippen LogP contribution in [-0.2, 0) is 9.59 Å². The van der Waals surface area contributed by atoms with Crippen LogP contribution < -0.4 is 16.4 Å². The topological polar surface area (TPSA) is 105 Å². The summed E-state index contributed by atoms with van der Waals surface area (Å²) >= 11 is 3.31. The van der Waals surface area contributed by atoms with E-state index in [9.17, 15) is 14.4 Å². The average molecular weight is 369 g/mol. The van der Waals surface area contributed by atoms with Crippen molar-refractivity contribution in [1.82, 2.24) is 10.2 Å². The summed E-state index contributed by atoms with van der Waals surface area (Å²) in [5, 5.41) is 5.27. The Morgan fingerprint density at radius 2 is 2.00 bits per heavy atom. The van der Waals surface area contributed by atoms with Crippen LogP contribution in [0.25, 0.3) is 0 Å². The molecule has 1 aliphatic heterocycles. The van der Waals surface area contributed by atoms with Crippen molar-refractivity contribution in [2.75, 3.05) is 11.9 Å². The molecule has 0 aliphatic carbocycles. The van der Waals surface area contributed by atoms with E-state index in [1.165, 1.54) is 4.90 Å². The molecule has 1 aromatic carbocycles. The lowest BCUT2D eigenvalue weighted by atomic mass is 10.2. The number of nitrogens with one attached hydrogen (secondary N) is 2. The van der Waals surface area contributed by atoms with Crippen LogP contribution in [0, 0.1) is 0 Å². The first-order valence-corrected chi connectivity index (χ1v) is 7.58. The maximum atomic E-state index is 12.2. The lowest BCUT2D eigenvalue weighted by molar-refractivity contribution is -0.134. The predicted molar refractivity (Wildman–Crippen MR) is 85.1 cm³/mol. The fourth-order valence-electron chi connectivity index (χ4n) is 2.37. The Labute approximate surface area is 136 Å². The minimum absolute atomic E-state index is 0.132. The van der Waals surface area contributed by atoms with Gasteiger partial charge in [0.05, 0.1) is 6.54 Å². The second kappa shape index (κ2) is 6.78.